The van der Waals surface area contributed by atoms with Gasteiger partial charge in [-0.3, -0.25) is 4.79 Å². The summed E-state index contributed by atoms with van der Waals surface area (Å²) in [5, 5.41) is 10.6. The Bertz CT molecular complexity index is 636. The van der Waals surface area contributed by atoms with Gasteiger partial charge in [-0.25, -0.2) is 13.5 Å². The van der Waals surface area contributed by atoms with Crippen molar-refractivity contribution in [1.82, 2.24) is 20.3 Å². The van der Waals surface area contributed by atoms with E-state index in [1.54, 1.807) is 4.68 Å². The first-order chi connectivity index (χ1) is 9.16. The molecular formula is C12H10F2N4O. The van der Waals surface area contributed by atoms with Crippen molar-refractivity contribution >= 4 is 5.78 Å². The molecule has 0 unspecified atom stereocenters. The van der Waals surface area contributed by atoms with E-state index in [9.17, 15) is 13.6 Å². The van der Waals surface area contributed by atoms with Crippen LogP contribution in [0.2, 0.25) is 0 Å². The van der Waals surface area contributed by atoms with Crippen LogP contribution in [0.5, 0.6) is 0 Å². The van der Waals surface area contributed by atoms with Crippen molar-refractivity contribution < 1.29 is 13.6 Å². The summed E-state index contributed by atoms with van der Waals surface area (Å²) in [6.45, 7) is 1.51. The van der Waals surface area contributed by atoms with Crippen LogP contribution in [0.1, 0.15) is 22.1 Å². The van der Waals surface area contributed by atoms with Gasteiger partial charge >= 0.3 is 0 Å². The minimum Gasteiger partial charge on any atom is -0.312 e. The van der Waals surface area contributed by atoms with Crippen molar-refractivity contribution in [1.29, 1.82) is 0 Å². The first kappa shape index (κ1) is 11.9. The number of aromatic nitrogens is 3. The summed E-state index contributed by atoms with van der Waals surface area (Å²) in [6.07, 6.45) is 1.46. The van der Waals surface area contributed by atoms with Crippen LogP contribution in [0, 0.1) is 11.6 Å². The summed E-state index contributed by atoms with van der Waals surface area (Å²) in [6, 6.07) is 3.63. The van der Waals surface area contributed by atoms with E-state index in [1.807, 2.05) is 0 Å². The van der Waals surface area contributed by atoms with Gasteiger partial charge in [0.2, 0.25) is 5.78 Å². The lowest BCUT2D eigenvalue weighted by molar-refractivity contribution is 0.102. The average molecular weight is 264 g/mol. The largest absolute Gasteiger partial charge is 0.312 e. The third-order valence-corrected chi connectivity index (χ3v) is 3.07. The molecule has 3 rings (SSSR count). The van der Waals surface area contributed by atoms with Crippen molar-refractivity contribution in [2.24, 2.45) is 0 Å². The zero-order chi connectivity index (χ0) is 13.4. The Balaban J connectivity index is 1.91. The lowest BCUT2D eigenvalue weighted by Crippen LogP contribution is -2.43. The highest BCUT2D eigenvalue weighted by Gasteiger charge is 2.23. The predicted molar refractivity (Wildman–Crippen MR) is 61.7 cm³/mol. The molecule has 7 heteroatoms. The molecule has 2 aromatic rings. The summed E-state index contributed by atoms with van der Waals surface area (Å²) >= 11 is 0. The molecule has 0 radical (unpaired) electrons. The van der Waals surface area contributed by atoms with E-state index in [2.05, 4.69) is 15.6 Å². The molecular weight excluding hydrogens is 254 g/mol. The smallest absolute Gasteiger partial charge is 0.217 e. The number of ketones is 1. The molecule has 0 aliphatic carbocycles. The van der Waals surface area contributed by atoms with Gasteiger partial charge in [-0.1, -0.05) is 11.3 Å². The molecule has 1 aromatic heterocycles. The van der Waals surface area contributed by atoms with E-state index in [4.69, 9.17) is 0 Å². The third-order valence-electron chi connectivity index (χ3n) is 3.07. The molecule has 0 bridgehead atoms. The number of carbonyl (C=O) groups excluding carboxylic acids is 1. The molecule has 0 saturated carbocycles. The van der Waals surface area contributed by atoms with Crippen LogP contribution in [0.4, 0.5) is 8.78 Å². The van der Waals surface area contributed by atoms with E-state index in [0.29, 0.717) is 0 Å². The maximum atomic E-state index is 13.5. The number of carbonyl (C=O) groups is 1. The monoisotopic (exact) mass is 264 g/mol. The highest BCUT2D eigenvalue weighted by Crippen LogP contribution is 2.16. The molecule has 0 amide bonds. The minimum atomic E-state index is -1.16. The Morgan fingerprint density at radius 2 is 2.16 bits per heavy atom. The van der Waals surface area contributed by atoms with Crippen LogP contribution < -0.4 is 5.32 Å². The summed E-state index contributed by atoms with van der Waals surface area (Å²) in [5.74, 6) is -2.88. The Morgan fingerprint density at radius 1 is 1.37 bits per heavy atom. The Morgan fingerprint density at radius 3 is 2.84 bits per heavy atom. The van der Waals surface area contributed by atoms with Crippen LogP contribution in [-0.4, -0.2) is 33.9 Å². The second kappa shape index (κ2) is 4.51. The van der Waals surface area contributed by atoms with E-state index >= 15 is 0 Å². The van der Waals surface area contributed by atoms with E-state index < -0.39 is 17.4 Å². The number of benzene rings is 1. The van der Waals surface area contributed by atoms with Gasteiger partial charge in [0.25, 0.3) is 0 Å². The highest BCUT2D eigenvalue weighted by atomic mass is 19.2. The zero-order valence-electron chi connectivity index (χ0n) is 9.81. The summed E-state index contributed by atoms with van der Waals surface area (Å²) in [4.78, 5) is 12.0. The summed E-state index contributed by atoms with van der Waals surface area (Å²) in [7, 11) is 0. The molecule has 1 N–H and O–H groups in total. The van der Waals surface area contributed by atoms with E-state index in [-0.39, 0.29) is 17.3 Å². The van der Waals surface area contributed by atoms with E-state index in [1.165, 1.54) is 18.3 Å². The van der Waals surface area contributed by atoms with Crippen LogP contribution in [0.15, 0.2) is 24.4 Å². The summed E-state index contributed by atoms with van der Waals surface area (Å²) in [5.41, 5.74) is -0.324. The van der Waals surface area contributed by atoms with Gasteiger partial charge in [-0.2, -0.15) is 0 Å². The SMILES string of the molecule is O=C(c1cn(C2CNC2)nn1)c1cccc(F)c1F. The number of rotatable bonds is 3. The van der Waals surface area contributed by atoms with Crippen LogP contribution in [0.25, 0.3) is 0 Å². The molecule has 1 aliphatic heterocycles. The third kappa shape index (κ3) is 2.01. The van der Waals surface area contributed by atoms with Gasteiger partial charge in [0, 0.05) is 13.1 Å². The van der Waals surface area contributed by atoms with Crippen molar-refractivity contribution in [3.8, 4) is 0 Å². The first-order valence-electron chi connectivity index (χ1n) is 5.78. The molecule has 0 spiro atoms. The second-order valence-electron chi connectivity index (χ2n) is 4.33. The van der Waals surface area contributed by atoms with Gasteiger partial charge in [0.1, 0.15) is 0 Å². The molecule has 1 aromatic carbocycles. The van der Waals surface area contributed by atoms with Gasteiger partial charge in [0.15, 0.2) is 17.3 Å². The van der Waals surface area contributed by atoms with Crippen molar-refractivity contribution in [2.75, 3.05) is 13.1 Å². The molecule has 0 atom stereocenters. The molecule has 98 valence electrons. The number of nitrogens with one attached hydrogen (secondary N) is 1. The summed E-state index contributed by atoms with van der Waals surface area (Å²) < 4.78 is 28.2. The number of halogens is 2. The Hall–Kier alpha value is -2.15. The molecule has 5 nitrogen and oxygen atoms in total. The number of hydrogen-bond donors (Lipinski definition) is 1. The fraction of sp³-hybridized carbons (Fsp3) is 0.250. The predicted octanol–water partition coefficient (Wildman–Crippen LogP) is 0.932. The fourth-order valence-corrected chi connectivity index (χ4v) is 1.84. The maximum absolute atomic E-state index is 13.5. The van der Waals surface area contributed by atoms with Crippen molar-refractivity contribution in [3.05, 3.63) is 47.3 Å². The quantitative estimate of drug-likeness (QED) is 0.838. The lowest BCUT2D eigenvalue weighted by atomic mass is 10.1. The molecule has 1 saturated heterocycles. The average Bonchev–Trinajstić information content (AvgIpc) is 2.79. The van der Waals surface area contributed by atoms with Gasteiger partial charge < -0.3 is 5.32 Å². The topological polar surface area (TPSA) is 59.8 Å². The number of nitrogens with zero attached hydrogens (tertiary/aromatic N) is 3. The van der Waals surface area contributed by atoms with Gasteiger partial charge in [0.05, 0.1) is 17.8 Å². The second-order valence-corrected chi connectivity index (χ2v) is 4.33. The maximum Gasteiger partial charge on any atom is 0.217 e. The molecule has 1 fully saturated rings. The first-order valence-corrected chi connectivity index (χ1v) is 5.78. The van der Waals surface area contributed by atoms with Crippen LogP contribution in [0.3, 0.4) is 0 Å². The Kier molecular flexibility index (Phi) is 2.83. The van der Waals surface area contributed by atoms with Crippen molar-refractivity contribution in [2.45, 2.75) is 6.04 Å². The standard InChI is InChI=1S/C12H10F2N4O/c13-9-3-1-2-8(11(9)14)12(19)10-6-18(17-16-10)7-4-15-5-7/h1-3,6-7,15H,4-5H2. The fourth-order valence-electron chi connectivity index (χ4n) is 1.84. The molecule has 2 heterocycles. The zero-order valence-corrected chi connectivity index (χ0v) is 9.81. The molecule has 19 heavy (non-hydrogen) atoms. The van der Waals surface area contributed by atoms with Gasteiger partial charge in [-0.05, 0) is 12.1 Å². The number of hydrogen-bond acceptors (Lipinski definition) is 4. The van der Waals surface area contributed by atoms with Crippen molar-refractivity contribution in [3.63, 3.8) is 0 Å². The normalized spacial score (nSPS) is 15.3. The highest BCUT2D eigenvalue weighted by molar-refractivity contribution is 6.07. The Labute approximate surface area is 107 Å². The van der Waals surface area contributed by atoms with Gasteiger partial charge in [-0.15, -0.1) is 5.10 Å². The van der Waals surface area contributed by atoms with E-state index in [0.717, 1.165) is 19.2 Å². The molecule has 1 aliphatic rings. The van der Waals surface area contributed by atoms with Crippen LogP contribution in [-0.2, 0) is 0 Å². The minimum absolute atomic E-state index is 0.0106. The lowest BCUT2D eigenvalue weighted by Gasteiger charge is -2.26. The van der Waals surface area contributed by atoms with Crippen LogP contribution >= 0.6 is 0 Å².